The number of aromatic amines is 1. The Labute approximate surface area is 159 Å². The molecule has 0 amide bonds. The molecule has 7 heteroatoms. The predicted octanol–water partition coefficient (Wildman–Crippen LogP) is 3.42. The van der Waals surface area contributed by atoms with Gasteiger partial charge in [-0.1, -0.05) is 18.2 Å². The van der Waals surface area contributed by atoms with E-state index in [1.165, 1.54) is 17.6 Å². The van der Waals surface area contributed by atoms with Gasteiger partial charge >= 0.3 is 0 Å². The van der Waals surface area contributed by atoms with Gasteiger partial charge in [0.25, 0.3) is 5.56 Å². The Morgan fingerprint density at radius 3 is 2.93 bits per heavy atom. The van der Waals surface area contributed by atoms with E-state index in [0.29, 0.717) is 26.9 Å². The third-order valence-corrected chi connectivity index (χ3v) is 6.07. The number of H-pyrrole nitrogens is 1. The van der Waals surface area contributed by atoms with Gasteiger partial charge in [0.2, 0.25) is 5.88 Å². The number of hydrogen-bond acceptors (Lipinski definition) is 6. The Hall–Kier alpha value is -2.95. The number of benzene rings is 1. The third kappa shape index (κ3) is 3.03. The molecule has 3 aromatic rings. The summed E-state index contributed by atoms with van der Waals surface area (Å²) in [5.74, 6) is -0.235. The number of methoxy groups -OCH3 is 1. The normalized spacial score (nSPS) is 16.5. The first-order chi connectivity index (χ1) is 13.1. The van der Waals surface area contributed by atoms with Crippen molar-refractivity contribution in [2.45, 2.75) is 25.4 Å². The molecule has 0 saturated carbocycles. The molecule has 2 aromatic heterocycles. The fraction of sp³-hybridized carbons (Fsp3) is 0.250. The number of thiophene rings is 1. The molecular formula is C20H17N3O3S. The quantitative estimate of drug-likeness (QED) is 0.681. The largest absolute Gasteiger partial charge is 0.494 e. The van der Waals surface area contributed by atoms with Gasteiger partial charge in [-0.2, -0.15) is 5.26 Å². The van der Waals surface area contributed by atoms with E-state index in [9.17, 15) is 15.2 Å². The lowest BCUT2D eigenvalue weighted by molar-refractivity contribution is 0.0920. The van der Waals surface area contributed by atoms with Crippen LogP contribution >= 0.6 is 11.3 Å². The highest BCUT2D eigenvalue weighted by Crippen LogP contribution is 2.40. The highest BCUT2D eigenvalue weighted by molar-refractivity contribution is 7.16. The van der Waals surface area contributed by atoms with Crippen LogP contribution in [0.1, 0.15) is 28.0 Å². The van der Waals surface area contributed by atoms with E-state index < -0.39 is 0 Å². The minimum Gasteiger partial charge on any atom is -0.494 e. The fourth-order valence-electron chi connectivity index (χ4n) is 3.49. The van der Waals surface area contributed by atoms with Gasteiger partial charge in [-0.05, 0) is 24.5 Å². The highest BCUT2D eigenvalue weighted by atomic mass is 32.1. The van der Waals surface area contributed by atoms with Crippen LogP contribution in [0.2, 0.25) is 0 Å². The molecule has 1 unspecified atom stereocenters. The number of fused-ring (bicyclic) bond motifs is 2. The van der Waals surface area contributed by atoms with Crippen LogP contribution < -0.4 is 5.56 Å². The number of aliphatic imine (C=N–C) groups is 1. The summed E-state index contributed by atoms with van der Waals surface area (Å²) in [7, 11) is 1.71. The number of aromatic hydroxyl groups is 1. The Morgan fingerprint density at radius 2 is 2.19 bits per heavy atom. The van der Waals surface area contributed by atoms with Crippen LogP contribution in [-0.2, 0) is 17.6 Å². The zero-order valence-corrected chi connectivity index (χ0v) is 15.5. The van der Waals surface area contributed by atoms with Crippen molar-refractivity contribution in [3.63, 3.8) is 0 Å². The van der Waals surface area contributed by atoms with Crippen molar-refractivity contribution < 1.29 is 9.84 Å². The van der Waals surface area contributed by atoms with E-state index >= 15 is 0 Å². The van der Waals surface area contributed by atoms with Crippen LogP contribution in [0.5, 0.6) is 5.88 Å². The number of hydrogen-bond donors (Lipinski definition) is 2. The predicted molar refractivity (Wildman–Crippen MR) is 105 cm³/mol. The molecule has 0 radical (unpaired) electrons. The van der Waals surface area contributed by atoms with Crippen molar-refractivity contribution in [2.75, 3.05) is 7.11 Å². The first kappa shape index (κ1) is 17.5. The average Bonchev–Trinajstić information content (AvgIpc) is 3.04. The van der Waals surface area contributed by atoms with Crippen LogP contribution in [0.4, 0.5) is 5.00 Å². The number of ether oxygens (including phenoxy) is 1. The molecule has 2 N–H and O–H groups in total. The molecule has 0 bridgehead atoms. The summed E-state index contributed by atoms with van der Waals surface area (Å²) >= 11 is 1.49. The molecule has 27 heavy (non-hydrogen) atoms. The molecule has 1 atom stereocenters. The topological polar surface area (TPSA) is 98.5 Å². The van der Waals surface area contributed by atoms with Crippen LogP contribution in [0.15, 0.2) is 34.1 Å². The molecule has 1 aliphatic rings. The molecule has 4 rings (SSSR count). The van der Waals surface area contributed by atoms with Crippen LogP contribution in [0.3, 0.4) is 0 Å². The number of pyridine rings is 1. The van der Waals surface area contributed by atoms with Gasteiger partial charge in [0.05, 0.1) is 17.2 Å². The smallest absolute Gasteiger partial charge is 0.258 e. The SMILES string of the molecule is COC1CCc2c(sc(/N=C/c3c(O)[nH]c(=O)c4ccccc34)c2C#N)C1. The van der Waals surface area contributed by atoms with Gasteiger partial charge in [0.1, 0.15) is 11.1 Å². The lowest BCUT2D eigenvalue weighted by atomic mass is 9.94. The van der Waals surface area contributed by atoms with E-state index in [1.54, 1.807) is 31.4 Å². The van der Waals surface area contributed by atoms with Crippen molar-refractivity contribution in [3.05, 3.63) is 56.2 Å². The zero-order chi connectivity index (χ0) is 19.0. The molecular weight excluding hydrogens is 362 g/mol. The summed E-state index contributed by atoms with van der Waals surface area (Å²) in [6.45, 7) is 0. The second kappa shape index (κ2) is 6.99. The van der Waals surface area contributed by atoms with Crippen molar-refractivity contribution in [1.29, 1.82) is 5.26 Å². The summed E-state index contributed by atoms with van der Waals surface area (Å²) in [6, 6.07) is 9.29. The molecule has 136 valence electrons. The first-order valence-electron chi connectivity index (χ1n) is 8.57. The van der Waals surface area contributed by atoms with Gasteiger partial charge < -0.3 is 9.84 Å². The molecule has 1 aliphatic carbocycles. The van der Waals surface area contributed by atoms with Crippen molar-refractivity contribution >= 4 is 33.3 Å². The molecule has 0 aliphatic heterocycles. The Kier molecular flexibility index (Phi) is 4.52. The molecule has 0 fully saturated rings. The van der Waals surface area contributed by atoms with Gasteiger partial charge in [0.15, 0.2) is 0 Å². The second-order valence-corrected chi connectivity index (χ2v) is 7.50. The van der Waals surface area contributed by atoms with E-state index in [0.717, 1.165) is 29.7 Å². The third-order valence-electron chi connectivity index (χ3n) is 4.91. The highest BCUT2D eigenvalue weighted by Gasteiger charge is 2.25. The van der Waals surface area contributed by atoms with Crippen LogP contribution in [-0.4, -0.2) is 29.5 Å². The van der Waals surface area contributed by atoms with E-state index in [-0.39, 0.29) is 17.5 Å². The summed E-state index contributed by atoms with van der Waals surface area (Å²) in [4.78, 5) is 20.1. The molecule has 0 saturated heterocycles. The van der Waals surface area contributed by atoms with Gasteiger partial charge in [-0.3, -0.25) is 9.78 Å². The van der Waals surface area contributed by atoms with E-state index in [4.69, 9.17) is 4.74 Å². The Morgan fingerprint density at radius 1 is 1.41 bits per heavy atom. The Balaban J connectivity index is 1.79. The maximum atomic E-state index is 12.0. The minimum absolute atomic E-state index is 0.173. The van der Waals surface area contributed by atoms with Gasteiger partial charge in [-0.15, -0.1) is 11.3 Å². The standard InChI is InChI=1S/C20H17N3O3S/c1-26-11-6-7-13-15(9-21)20(27-17(13)8-11)22-10-16-12-4-2-3-5-14(12)18(24)23-19(16)25/h2-5,10-11H,6-8H2,1H3,(H2,23,24,25)/b22-10+. The number of nitrogens with zero attached hydrogens (tertiary/aromatic N) is 2. The fourth-order valence-corrected chi connectivity index (χ4v) is 4.69. The van der Waals surface area contributed by atoms with Crippen molar-refractivity contribution in [2.24, 2.45) is 4.99 Å². The maximum absolute atomic E-state index is 12.0. The van der Waals surface area contributed by atoms with Crippen LogP contribution in [0, 0.1) is 11.3 Å². The lowest BCUT2D eigenvalue weighted by Gasteiger charge is -2.20. The Bertz CT molecular complexity index is 1150. The maximum Gasteiger partial charge on any atom is 0.258 e. The second-order valence-electron chi connectivity index (χ2n) is 6.42. The lowest BCUT2D eigenvalue weighted by Crippen LogP contribution is -2.19. The molecule has 6 nitrogen and oxygen atoms in total. The molecule has 0 spiro atoms. The van der Waals surface area contributed by atoms with Crippen molar-refractivity contribution in [1.82, 2.24) is 4.98 Å². The number of rotatable bonds is 3. The molecule has 1 aromatic carbocycles. The van der Waals surface area contributed by atoms with Gasteiger partial charge in [0, 0.05) is 35.4 Å². The summed E-state index contributed by atoms with van der Waals surface area (Å²) < 4.78 is 5.45. The zero-order valence-electron chi connectivity index (χ0n) is 14.7. The van der Waals surface area contributed by atoms with E-state index in [2.05, 4.69) is 16.0 Å². The summed E-state index contributed by atoms with van der Waals surface area (Å²) in [5, 5.41) is 21.5. The summed E-state index contributed by atoms with van der Waals surface area (Å²) in [5.41, 5.74) is 1.72. The number of nitriles is 1. The number of nitrogens with one attached hydrogen (secondary N) is 1. The van der Waals surface area contributed by atoms with Crippen LogP contribution in [0.25, 0.3) is 10.8 Å². The number of aromatic nitrogens is 1. The van der Waals surface area contributed by atoms with Gasteiger partial charge in [-0.25, -0.2) is 4.99 Å². The monoisotopic (exact) mass is 379 g/mol. The van der Waals surface area contributed by atoms with E-state index in [1.807, 2.05) is 0 Å². The first-order valence-corrected chi connectivity index (χ1v) is 9.39. The molecule has 2 heterocycles. The van der Waals surface area contributed by atoms with Crippen molar-refractivity contribution in [3.8, 4) is 11.9 Å². The average molecular weight is 379 g/mol. The summed E-state index contributed by atoms with van der Waals surface area (Å²) in [6.07, 6.45) is 4.17. The minimum atomic E-state index is -0.352.